The van der Waals surface area contributed by atoms with E-state index in [4.69, 9.17) is 18.5 Å². The third-order valence-corrected chi connectivity index (χ3v) is 12.9. The van der Waals surface area contributed by atoms with Gasteiger partial charge in [0.1, 0.15) is 19.3 Å². The van der Waals surface area contributed by atoms with Crippen LogP contribution in [0.5, 0.6) is 0 Å². The molecule has 9 heteroatoms. The average Bonchev–Trinajstić information content (AvgIpc) is 3.20. The molecule has 0 aliphatic heterocycles. The third-order valence-electron chi connectivity index (χ3n) is 11.9. The number of hydrogen-bond acceptors (Lipinski definition) is 6. The van der Waals surface area contributed by atoms with Crippen LogP contribution in [0.1, 0.15) is 264 Å². The predicted molar refractivity (Wildman–Crippen MR) is 257 cm³/mol. The quantitative estimate of drug-likeness (QED) is 0.0282. The second-order valence-electron chi connectivity index (χ2n) is 19.3. The lowest BCUT2D eigenvalue weighted by Crippen LogP contribution is -2.37. The summed E-state index contributed by atoms with van der Waals surface area (Å²) >= 11 is 0. The number of carbonyl (C=O) groups is 1. The zero-order chi connectivity index (χ0) is 44.1. The van der Waals surface area contributed by atoms with Gasteiger partial charge in [-0.3, -0.25) is 13.8 Å². The first-order valence-corrected chi connectivity index (χ1v) is 27.8. The van der Waals surface area contributed by atoms with E-state index in [1.807, 2.05) is 21.1 Å². The van der Waals surface area contributed by atoms with E-state index in [2.05, 4.69) is 13.8 Å². The molecule has 1 N–H and O–H groups in total. The van der Waals surface area contributed by atoms with Crippen LogP contribution in [0.15, 0.2) is 0 Å². The number of phosphoric ester groups is 1. The van der Waals surface area contributed by atoms with Crippen molar-refractivity contribution in [2.45, 2.75) is 270 Å². The van der Waals surface area contributed by atoms with E-state index in [1.54, 1.807) is 0 Å². The van der Waals surface area contributed by atoms with Crippen LogP contribution in [0.4, 0.5) is 0 Å². The molecular weight excluding hydrogens is 770 g/mol. The Kier molecular flexibility index (Phi) is 44.7. The molecule has 0 saturated heterocycles. The first-order valence-electron chi connectivity index (χ1n) is 26.3. The number of quaternary nitrogens is 1. The fraction of sp³-hybridized carbons (Fsp3) is 0.980. The number of nitrogens with zero attached hydrogens (tertiary/aromatic N) is 1. The maximum absolute atomic E-state index is 12.8. The van der Waals surface area contributed by atoms with E-state index >= 15 is 0 Å². The van der Waals surface area contributed by atoms with Crippen molar-refractivity contribution < 1.29 is 37.3 Å². The number of likely N-dealkylation sites (N-methyl/N-ethyl adjacent to an activating group) is 1. The van der Waals surface area contributed by atoms with Crippen molar-refractivity contribution in [3.05, 3.63) is 0 Å². The highest BCUT2D eigenvalue weighted by atomic mass is 31.2. The Morgan fingerprint density at radius 1 is 0.450 bits per heavy atom. The zero-order valence-corrected chi connectivity index (χ0v) is 41.9. The SMILES string of the molecule is CCCCCCCCCCCCCCCCCCCCCCCC(=O)OC(COCCCCCCCCCCCCCCCCCCC)COP(=O)(O)OCC[N+](C)(C)C. The second kappa shape index (κ2) is 45.1. The van der Waals surface area contributed by atoms with E-state index in [9.17, 15) is 14.3 Å². The Labute approximate surface area is 374 Å². The lowest BCUT2D eigenvalue weighted by atomic mass is 10.0. The molecule has 0 fully saturated rings. The summed E-state index contributed by atoms with van der Waals surface area (Å²) in [7, 11) is 1.69. The fourth-order valence-electron chi connectivity index (χ4n) is 7.85. The van der Waals surface area contributed by atoms with Gasteiger partial charge in [-0.2, -0.15) is 0 Å². The van der Waals surface area contributed by atoms with Gasteiger partial charge in [0.2, 0.25) is 0 Å². The molecule has 0 aliphatic carbocycles. The minimum atomic E-state index is -4.27. The van der Waals surface area contributed by atoms with Crippen molar-refractivity contribution in [2.75, 3.05) is 54.1 Å². The molecular formula is C51H105NO7P+. The largest absolute Gasteiger partial charge is 0.472 e. The number of phosphoric acid groups is 1. The highest BCUT2D eigenvalue weighted by Crippen LogP contribution is 2.43. The minimum Gasteiger partial charge on any atom is -0.457 e. The van der Waals surface area contributed by atoms with Gasteiger partial charge in [-0.1, -0.05) is 245 Å². The van der Waals surface area contributed by atoms with Gasteiger partial charge < -0.3 is 18.9 Å². The van der Waals surface area contributed by atoms with Crippen LogP contribution >= 0.6 is 7.82 Å². The van der Waals surface area contributed by atoms with Crippen LogP contribution in [0.25, 0.3) is 0 Å². The summed E-state index contributed by atoms with van der Waals surface area (Å²) in [6.07, 6.45) is 50.0. The van der Waals surface area contributed by atoms with Crippen molar-refractivity contribution in [2.24, 2.45) is 0 Å². The third kappa shape index (κ3) is 48.5. The van der Waals surface area contributed by atoms with Gasteiger partial charge in [0.15, 0.2) is 0 Å². The summed E-state index contributed by atoms with van der Waals surface area (Å²) < 4.78 is 35.2. The molecule has 0 radical (unpaired) electrons. The van der Waals surface area contributed by atoms with Gasteiger partial charge in [0.05, 0.1) is 34.4 Å². The van der Waals surface area contributed by atoms with Crippen molar-refractivity contribution in [3.8, 4) is 0 Å². The van der Waals surface area contributed by atoms with Crippen LogP contribution < -0.4 is 0 Å². The molecule has 8 nitrogen and oxygen atoms in total. The van der Waals surface area contributed by atoms with Crippen LogP contribution in [-0.4, -0.2) is 75.6 Å². The van der Waals surface area contributed by atoms with Crippen molar-refractivity contribution in [3.63, 3.8) is 0 Å². The number of hydrogen-bond donors (Lipinski definition) is 1. The molecule has 0 aromatic rings. The number of unbranched alkanes of at least 4 members (excludes halogenated alkanes) is 36. The topological polar surface area (TPSA) is 91.3 Å². The van der Waals surface area contributed by atoms with Crippen molar-refractivity contribution >= 4 is 13.8 Å². The maximum atomic E-state index is 12.8. The smallest absolute Gasteiger partial charge is 0.457 e. The van der Waals surface area contributed by atoms with E-state index in [-0.39, 0.29) is 25.8 Å². The van der Waals surface area contributed by atoms with Crippen LogP contribution in [0, 0.1) is 0 Å². The summed E-state index contributed by atoms with van der Waals surface area (Å²) in [6, 6.07) is 0. The summed E-state index contributed by atoms with van der Waals surface area (Å²) in [5, 5.41) is 0. The monoisotopic (exact) mass is 875 g/mol. The number of ether oxygens (including phenoxy) is 2. The summed E-state index contributed by atoms with van der Waals surface area (Å²) in [4.78, 5) is 23.0. The summed E-state index contributed by atoms with van der Waals surface area (Å²) in [5.41, 5.74) is 0. The van der Waals surface area contributed by atoms with Crippen molar-refractivity contribution in [1.82, 2.24) is 0 Å². The lowest BCUT2D eigenvalue weighted by molar-refractivity contribution is -0.870. The van der Waals surface area contributed by atoms with Crippen molar-refractivity contribution in [1.29, 1.82) is 0 Å². The molecule has 0 saturated carbocycles. The molecule has 2 unspecified atom stereocenters. The first kappa shape index (κ1) is 59.5. The van der Waals surface area contributed by atoms with Gasteiger partial charge in [-0.15, -0.1) is 0 Å². The standard InChI is InChI=1S/C51H104NO7P/c1-6-8-10-12-14-16-18-20-22-24-25-26-27-28-30-32-34-36-38-40-42-44-51(53)59-50(49-58-60(54,55)57-47-45-52(3,4)5)48-56-46-43-41-39-37-35-33-31-29-23-21-19-17-15-13-11-9-7-2/h50H,6-49H2,1-5H3/p+1. The highest BCUT2D eigenvalue weighted by Gasteiger charge is 2.26. The maximum Gasteiger partial charge on any atom is 0.472 e. The van der Waals surface area contributed by atoms with Gasteiger partial charge >= 0.3 is 13.8 Å². The lowest BCUT2D eigenvalue weighted by Gasteiger charge is -2.24. The molecule has 0 amide bonds. The van der Waals surface area contributed by atoms with Crippen LogP contribution in [0.3, 0.4) is 0 Å². The molecule has 0 aliphatic rings. The van der Waals surface area contributed by atoms with E-state index in [1.165, 1.54) is 212 Å². The number of esters is 1. The summed E-state index contributed by atoms with van der Waals surface area (Å²) in [6.45, 7) is 5.71. The van der Waals surface area contributed by atoms with Gasteiger partial charge in [-0.05, 0) is 12.8 Å². The van der Waals surface area contributed by atoms with Gasteiger partial charge in [0.25, 0.3) is 0 Å². The Balaban J connectivity index is 4.07. The van der Waals surface area contributed by atoms with E-state index in [0.717, 1.165) is 32.1 Å². The number of rotatable bonds is 50. The highest BCUT2D eigenvalue weighted by molar-refractivity contribution is 7.47. The molecule has 60 heavy (non-hydrogen) atoms. The van der Waals surface area contributed by atoms with Gasteiger partial charge in [-0.25, -0.2) is 4.57 Å². The van der Waals surface area contributed by atoms with Gasteiger partial charge in [0, 0.05) is 13.0 Å². The Hall–Kier alpha value is -0.500. The molecule has 0 bridgehead atoms. The Morgan fingerprint density at radius 3 is 1.10 bits per heavy atom. The molecule has 0 aromatic carbocycles. The molecule has 0 rings (SSSR count). The van der Waals surface area contributed by atoms with E-state index < -0.39 is 13.9 Å². The normalized spacial score (nSPS) is 13.5. The first-order chi connectivity index (χ1) is 29.1. The zero-order valence-electron chi connectivity index (χ0n) is 41.0. The molecule has 0 spiro atoms. The average molecular weight is 875 g/mol. The second-order valence-corrected chi connectivity index (χ2v) is 20.7. The van der Waals surface area contributed by atoms with E-state index in [0.29, 0.717) is 24.1 Å². The fourth-order valence-corrected chi connectivity index (χ4v) is 8.59. The molecule has 2 atom stereocenters. The predicted octanol–water partition coefficient (Wildman–Crippen LogP) is 16.0. The molecule has 0 heterocycles. The Morgan fingerprint density at radius 2 is 0.767 bits per heavy atom. The summed E-state index contributed by atoms with van der Waals surface area (Å²) in [5.74, 6) is -0.304. The minimum absolute atomic E-state index is 0.0943. The van der Waals surface area contributed by atoms with Crippen LogP contribution in [-0.2, 0) is 27.9 Å². The Bertz CT molecular complexity index is 930. The number of carbonyl (C=O) groups excluding carboxylic acids is 1. The molecule has 360 valence electrons. The molecule has 0 aromatic heterocycles. The van der Waals surface area contributed by atoms with Crippen LogP contribution in [0.2, 0.25) is 0 Å².